The number of aliphatic hydroxyl groups is 4. The largest absolute Gasteiger partial charge is 0.396 e. The molecule has 0 aromatic heterocycles. The summed E-state index contributed by atoms with van der Waals surface area (Å²) < 4.78 is 0. The minimum Gasteiger partial charge on any atom is -0.396 e. The summed E-state index contributed by atoms with van der Waals surface area (Å²) in [7, 11) is 0. The number of hydrogen-bond acceptors (Lipinski definition) is 4. The van der Waals surface area contributed by atoms with E-state index in [-0.39, 0.29) is 28.3 Å². The zero-order chi connectivity index (χ0) is 24.9. The average molecular weight is 475 g/mol. The van der Waals surface area contributed by atoms with Gasteiger partial charge in [-0.2, -0.15) is 0 Å². The summed E-state index contributed by atoms with van der Waals surface area (Å²) in [5.74, 6) is 1.79. The van der Waals surface area contributed by atoms with E-state index in [1.807, 2.05) is 0 Å². The Kier molecular flexibility index (Phi) is 5.78. The van der Waals surface area contributed by atoms with Gasteiger partial charge in [0, 0.05) is 5.41 Å². The van der Waals surface area contributed by atoms with Crippen LogP contribution >= 0.6 is 0 Å². The predicted molar refractivity (Wildman–Crippen MR) is 135 cm³/mol. The van der Waals surface area contributed by atoms with Crippen LogP contribution in [0.4, 0.5) is 0 Å². The van der Waals surface area contributed by atoms with E-state index in [0.717, 1.165) is 44.9 Å². The minimum absolute atomic E-state index is 0.0127. The van der Waals surface area contributed by atoms with Crippen LogP contribution in [-0.4, -0.2) is 45.3 Å². The van der Waals surface area contributed by atoms with Crippen molar-refractivity contribution in [3.05, 3.63) is 11.6 Å². The van der Waals surface area contributed by atoms with Gasteiger partial charge in [0.05, 0.1) is 24.9 Å². The van der Waals surface area contributed by atoms with Gasteiger partial charge in [-0.05, 0) is 103 Å². The molecular weight excluding hydrogens is 424 g/mol. The molecule has 4 saturated carbocycles. The van der Waals surface area contributed by atoms with Crippen molar-refractivity contribution < 1.29 is 20.4 Å². The quantitative estimate of drug-likeness (QED) is 0.399. The van der Waals surface area contributed by atoms with Gasteiger partial charge in [0.1, 0.15) is 0 Å². The Morgan fingerprint density at radius 3 is 2.21 bits per heavy atom. The first-order valence-corrected chi connectivity index (χ1v) is 14.1. The van der Waals surface area contributed by atoms with Crippen LogP contribution in [0.3, 0.4) is 0 Å². The zero-order valence-electron chi connectivity index (χ0n) is 22.5. The fourth-order valence-corrected chi connectivity index (χ4v) is 11.1. The maximum atomic E-state index is 10.9. The average Bonchev–Trinajstić information content (AvgIpc) is 2.92. The third-order valence-electron chi connectivity index (χ3n) is 13.0. The molecule has 0 spiro atoms. The number of allylic oxidation sites excluding steroid dienone is 2. The zero-order valence-corrected chi connectivity index (χ0v) is 22.5. The SMILES string of the molecule is CC1(C)[C@H](O)[C@H](O)C[C@]2(C)[C@H]3CC[C@H]4[C@@](C)(CC[C@@H]5[C@]4(C)CC[C@@H](O)[C@]5(C)CO)CC3=CC[C@@H]12. The van der Waals surface area contributed by atoms with Crippen LogP contribution in [0.5, 0.6) is 0 Å². The second kappa shape index (κ2) is 7.79. The lowest BCUT2D eigenvalue weighted by atomic mass is 9.42. The third-order valence-corrected chi connectivity index (χ3v) is 13.0. The van der Waals surface area contributed by atoms with Crippen molar-refractivity contribution in [2.24, 2.45) is 50.7 Å². The van der Waals surface area contributed by atoms with Gasteiger partial charge >= 0.3 is 0 Å². The lowest BCUT2D eigenvalue weighted by Gasteiger charge is -2.64. The van der Waals surface area contributed by atoms with Crippen molar-refractivity contribution in [2.75, 3.05) is 6.61 Å². The molecule has 5 aliphatic rings. The Labute approximate surface area is 207 Å². The first-order chi connectivity index (χ1) is 15.7. The molecular formula is C30H50O4. The fourth-order valence-electron chi connectivity index (χ4n) is 11.1. The Morgan fingerprint density at radius 1 is 0.824 bits per heavy atom. The molecule has 0 radical (unpaired) electrons. The molecule has 5 rings (SSSR count). The number of rotatable bonds is 1. The smallest absolute Gasteiger partial charge is 0.0853 e. The Bertz CT molecular complexity index is 851. The maximum Gasteiger partial charge on any atom is 0.0853 e. The molecule has 0 heterocycles. The Balaban J connectivity index is 1.51. The van der Waals surface area contributed by atoms with Crippen molar-refractivity contribution in [2.45, 2.75) is 118 Å². The van der Waals surface area contributed by atoms with E-state index in [2.05, 4.69) is 47.6 Å². The topological polar surface area (TPSA) is 80.9 Å². The fraction of sp³-hybridized carbons (Fsp3) is 0.933. The van der Waals surface area contributed by atoms with Gasteiger partial charge in [-0.1, -0.05) is 53.2 Å². The molecule has 0 unspecified atom stereocenters. The summed E-state index contributed by atoms with van der Waals surface area (Å²) >= 11 is 0. The number of hydrogen-bond donors (Lipinski definition) is 4. The standard InChI is InChI=1S/C30H50O4/c1-26(2)21-9-7-18-15-27(3)13-11-23-28(4,14-12-24(33)30(23,6)17-31)22(27)10-8-19(18)29(21,5)16-20(32)25(26)34/h7,19-25,31-34H,8-17H2,1-6H3/t19-,20+,21-,22-,23+,24+,25+,27-,28+,29+,30+/m0/s1. The third kappa shape index (κ3) is 3.17. The van der Waals surface area contributed by atoms with Gasteiger partial charge in [0.25, 0.3) is 0 Å². The molecule has 194 valence electrons. The van der Waals surface area contributed by atoms with Gasteiger partial charge in [-0.15, -0.1) is 0 Å². The first kappa shape index (κ1) is 25.2. The molecule has 4 heteroatoms. The van der Waals surface area contributed by atoms with E-state index < -0.39 is 23.7 Å². The van der Waals surface area contributed by atoms with Crippen LogP contribution < -0.4 is 0 Å². The van der Waals surface area contributed by atoms with Gasteiger partial charge in [-0.3, -0.25) is 0 Å². The minimum atomic E-state index is -0.657. The Morgan fingerprint density at radius 2 is 1.53 bits per heavy atom. The van der Waals surface area contributed by atoms with Gasteiger partial charge in [-0.25, -0.2) is 0 Å². The van der Waals surface area contributed by atoms with Crippen LogP contribution in [0.25, 0.3) is 0 Å². The van der Waals surface area contributed by atoms with Crippen LogP contribution in [0.2, 0.25) is 0 Å². The van der Waals surface area contributed by atoms with Crippen molar-refractivity contribution in [3.63, 3.8) is 0 Å². The van der Waals surface area contributed by atoms with E-state index in [1.165, 1.54) is 6.42 Å². The summed E-state index contributed by atoms with van der Waals surface area (Å²) in [6.07, 6.45) is 10.1. The second-order valence-corrected chi connectivity index (χ2v) is 14.9. The summed E-state index contributed by atoms with van der Waals surface area (Å²) in [5.41, 5.74) is 1.31. The summed E-state index contributed by atoms with van der Waals surface area (Å²) in [6, 6.07) is 0. The highest BCUT2D eigenvalue weighted by Crippen LogP contribution is 2.70. The lowest BCUT2D eigenvalue weighted by Crippen LogP contribution is -2.60. The molecule has 4 fully saturated rings. The van der Waals surface area contributed by atoms with Crippen LogP contribution in [-0.2, 0) is 0 Å². The molecule has 34 heavy (non-hydrogen) atoms. The van der Waals surface area contributed by atoms with E-state index in [4.69, 9.17) is 0 Å². The molecule has 0 saturated heterocycles. The van der Waals surface area contributed by atoms with E-state index in [9.17, 15) is 20.4 Å². The molecule has 4 N–H and O–H groups in total. The highest BCUT2D eigenvalue weighted by Gasteiger charge is 2.64. The highest BCUT2D eigenvalue weighted by atomic mass is 16.3. The van der Waals surface area contributed by atoms with E-state index in [1.54, 1.807) is 5.57 Å². The summed E-state index contributed by atoms with van der Waals surface area (Å²) in [6.45, 7) is 13.9. The first-order valence-electron chi connectivity index (χ1n) is 14.1. The van der Waals surface area contributed by atoms with Crippen molar-refractivity contribution in [3.8, 4) is 0 Å². The van der Waals surface area contributed by atoms with Gasteiger partial charge < -0.3 is 20.4 Å². The van der Waals surface area contributed by atoms with Crippen LogP contribution in [0.1, 0.15) is 99.3 Å². The van der Waals surface area contributed by atoms with Gasteiger partial charge in [0.2, 0.25) is 0 Å². The van der Waals surface area contributed by atoms with Gasteiger partial charge in [0.15, 0.2) is 0 Å². The molecule has 0 aliphatic heterocycles. The lowest BCUT2D eigenvalue weighted by molar-refractivity contribution is -0.189. The molecule has 11 atom stereocenters. The number of fused-ring (bicyclic) bond motifs is 6. The van der Waals surface area contributed by atoms with Crippen molar-refractivity contribution >= 4 is 0 Å². The Hall–Kier alpha value is -0.420. The molecule has 4 nitrogen and oxygen atoms in total. The van der Waals surface area contributed by atoms with Crippen LogP contribution in [0.15, 0.2) is 11.6 Å². The monoisotopic (exact) mass is 474 g/mol. The summed E-state index contributed by atoms with van der Waals surface area (Å²) in [4.78, 5) is 0. The second-order valence-electron chi connectivity index (χ2n) is 14.9. The molecule has 0 aromatic carbocycles. The van der Waals surface area contributed by atoms with E-state index in [0.29, 0.717) is 30.1 Å². The molecule has 0 amide bonds. The molecule has 5 aliphatic carbocycles. The normalized spacial score (nSPS) is 56.8. The number of aliphatic hydroxyl groups excluding tert-OH is 4. The van der Waals surface area contributed by atoms with E-state index >= 15 is 0 Å². The predicted octanol–water partition coefficient (Wildman–Crippen LogP) is 5.08. The van der Waals surface area contributed by atoms with Crippen molar-refractivity contribution in [1.82, 2.24) is 0 Å². The maximum absolute atomic E-state index is 10.9. The van der Waals surface area contributed by atoms with Crippen molar-refractivity contribution in [1.29, 1.82) is 0 Å². The molecule has 0 aromatic rings. The highest BCUT2D eigenvalue weighted by molar-refractivity contribution is 5.26. The van der Waals surface area contributed by atoms with Crippen LogP contribution in [0, 0.1) is 50.7 Å². The summed E-state index contributed by atoms with van der Waals surface area (Å²) in [5, 5.41) is 43.1. The molecule has 0 bridgehead atoms.